The molecule has 2 nitrogen and oxygen atoms in total. The van der Waals surface area contributed by atoms with Gasteiger partial charge in [-0.3, -0.25) is 0 Å². The number of thioether (sulfide) groups is 1. The third kappa shape index (κ3) is 3.09. The molecule has 1 aliphatic carbocycles. The first-order valence-electron chi connectivity index (χ1n) is 7.36. The molecule has 0 aromatic heterocycles. The molecule has 1 aromatic rings. The maximum atomic E-state index is 9.76. The zero-order valence-corrected chi connectivity index (χ0v) is 12.1. The molecule has 1 atom stereocenters. The van der Waals surface area contributed by atoms with Crippen molar-refractivity contribution in [3.63, 3.8) is 0 Å². The van der Waals surface area contributed by atoms with Crippen molar-refractivity contribution in [2.75, 3.05) is 5.75 Å². The van der Waals surface area contributed by atoms with Crippen LogP contribution in [0.15, 0.2) is 29.2 Å². The first-order valence-corrected chi connectivity index (χ1v) is 8.35. The van der Waals surface area contributed by atoms with Crippen molar-refractivity contribution in [2.24, 2.45) is 0 Å². The predicted molar refractivity (Wildman–Crippen MR) is 78.8 cm³/mol. The summed E-state index contributed by atoms with van der Waals surface area (Å²) in [6.45, 7) is 0. The number of benzene rings is 1. The van der Waals surface area contributed by atoms with E-state index >= 15 is 0 Å². The Kier molecular flexibility index (Phi) is 4.04. The van der Waals surface area contributed by atoms with Gasteiger partial charge in [0.2, 0.25) is 0 Å². The average molecular weight is 278 g/mol. The van der Waals surface area contributed by atoms with Crippen molar-refractivity contribution in [1.29, 1.82) is 0 Å². The molecule has 1 saturated carbocycles. The van der Waals surface area contributed by atoms with Crippen molar-refractivity contribution in [3.8, 4) is 5.75 Å². The van der Waals surface area contributed by atoms with Crippen LogP contribution in [0, 0.1) is 0 Å². The van der Waals surface area contributed by atoms with Gasteiger partial charge in [-0.25, -0.2) is 0 Å². The van der Waals surface area contributed by atoms with E-state index in [-0.39, 0.29) is 5.60 Å². The average Bonchev–Trinajstić information content (AvgIpc) is 2.82. The minimum atomic E-state index is 0.211. The lowest BCUT2D eigenvalue weighted by molar-refractivity contribution is -0.0555. The molecule has 19 heavy (non-hydrogen) atoms. The van der Waals surface area contributed by atoms with Gasteiger partial charge in [0.1, 0.15) is 5.75 Å². The Morgan fingerprint density at radius 2 is 1.95 bits per heavy atom. The summed E-state index contributed by atoms with van der Waals surface area (Å²) in [5, 5.41) is 9.76. The van der Waals surface area contributed by atoms with E-state index in [1.54, 1.807) is 17.8 Å². The van der Waals surface area contributed by atoms with E-state index in [4.69, 9.17) is 4.74 Å². The van der Waals surface area contributed by atoms with E-state index < -0.39 is 0 Å². The Balaban J connectivity index is 1.53. The molecule has 3 rings (SSSR count). The minimum Gasteiger partial charge on any atom is -0.507 e. The van der Waals surface area contributed by atoms with E-state index in [0.717, 1.165) is 10.6 Å². The number of aromatic hydroxyl groups is 1. The van der Waals surface area contributed by atoms with Gasteiger partial charge in [-0.1, -0.05) is 31.4 Å². The van der Waals surface area contributed by atoms with Gasteiger partial charge >= 0.3 is 0 Å². The Morgan fingerprint density at radius 1 is 1.16 bits per heavy atom. The fourth-order valence-corrected chi connectivity index (χ4v) is 4.33. The van der Waals surface area contributed by atoms with Crippen molar-refractivity contribution < 1.29 is 9.84 Å². The smallest absolute Gasteiger partial charge is 0.129 e. The van der Waals surface area contributed by atoms with Crippen LogP contribution in [-0.2, 0) is 4.74 Å². The maximum Gasteiger partial charge on any atom is 0.129 e. The molecular formula is C16H22O2S. The summed E-state index contributed by atoms with van der Waals surface area (Å²) in [4.78, 5) is 0.968. The van der Waals surface area contributed by atoms with Crippen molar-refractivity contribution in [1.82, 2.24) is 0 Å². The highest BCUT2D eigenvalue weighted by molar-refractivity contribution is 7.99. The maximum absolute atomic E-state index is 9.76. The highest BCUT2D eigenvalue weighted by atomic mass is 32.2. The van der Waals surface area contributed by atoms with Crippen LogP contribution >= 0.6 is 11.8 Å². The van der Waals surface area contributed by atoms with Crippen LogP contribution in [0.2, 0.25) is 0 Å². The van der Waals surface area contributed by atoms with Gasteiger partial charge < -0.3 is 9.84 Å². The number of phenolic OH excluding ortho intramolecular Hbond substituents is 1. The Labute approximate surface area is 119 Å². The van der Waals surface area contributed by atoms with Crippen LogP contribution in [0.5, 0.6) is 5.75 Å². The number of hydrogen-bond donors (Lipinski definition) is 1. The second-order valence-corrected chi connectivity index (χ2v) is 6.86. The van der Waals surface area contributed by atoms with Crippen molar-refractivity contribution in [3.05, 3.63) is 24.3 Å². The second kappa shape index (κ2) is 5.76. The van der Waals surface area contributed by atoms with E-state index in [2.05, 4.69) is 0 Å². The zero-order chi connectivity index (χ0) is 13.1. The fourth-order valence-electron chi connectivity index (χ4n) is 3.34. The lowest BCUT2D eigenvalue weighted by Gasteiger charge is -2.33. The summed E-state index contributed by atoms with van der Waals surface area (Å²) in [6, 6.07) is 7.56. The SMILES string of the molecule is Oc1ccccc1SCC1CCC2(CCCCC2)O1. The molecule has 1 aliphatic heterocycles. The summed E-state index contributed by atoms with van der Waals surface area (Å²) in [5.74, 6) is 1.34. The summed E-state index contributed by atoms with van der Waals surface area (Å²) in [5.41, 5.74) is 0.211. The van der Waals surface area contributed by atoms with E-state index in [0.29, 0.717) is 11.9 Å². The minimum absolute atomic E-state index is 0.211. The molecule has 0 bridgehead atoms. The molecule has 0 amide bonds. The summed E-state index contributed by atoms with van der Waals surface area (Å²) >= 11 is 1.72. The highest BCUT2D eigenvalue weighted by Crippen LogP contribution is 2.43. The normalized spacial score (nSPS) is 25.8. The molecule has 1 N–H and O–H groups in total. The first kappa shape index (κ1) is 13.3. The monoisotopic (exact) mass is 278 g/mol. The third-order valence-electron chi connectivity index (χ3n) is 4.39. The van der Waals surface area contributed by atoms with Gasteiger partial charge in [-0.2, -0.15) is 0 Å². The Hall–Kier alpha value is -0.670. The fraction of sp³-hybridized carbons (Fsp3) is 0.625. The van der Waals surface area contributed by atoms with Gasteiger partial charge in [-0.05, 0) is 37.8 Å². The number of ether oxygens (including phenoxy) is 1. The summed E-state index contributed by atoms with van der Waals surface area (Å²) < 4.78 is 6.35. The molecule has 2 aliphatic rings. The van der Waals surface area contributed by atoms with Crippen LogP contribution in [0.4, 0.5) is 0 Å². The van der Waals surface area contributed by atoms with E-state index in [1.165, 1.54) is 44.9 Å². The zero-order valence-electron chi connectivity index (χ0n) is 11.3. The number of hydrogen-bond acceptors (Lipinski definition) is 3. The molecule has 1 heterocycles. The van der Waals surface area contributed by atoms with Crippen LogP contribution in [0.1, 0.15) is 44.9 Å². The number of phenols is 1. The molecule has 2 fully saturated rings. The van der Waals surface area contributed by atoms with E-state index in [9.17, 15) is 5.11 Å². The van der Waals surface area contributed by atoms with Crippen LogP contribution in [-0.4, -0.2) is 22.6 Å². The molecule has 3 heteroatoms. The predicted octanol–water partition coefficient (Wildman–Crippen LogP) is 4.37. The van der Waals surface area contributed by atoms with Crippen LogP contribution in [0.3, 0.4) is 0 Å². The van der Waals surface area contributed by atoms with E-state index in [1.807, 2.05) is 18.2 Å². The lowest BCUT2D eigenvalue weighted by Crippen LogP contribution is -2.32. The molecule has 104 valence electrons. The molecule has 1 unspecified atom stereocenters. The molecular weight excluding hydrogens is 256 g/mol. The molecule has 1 aromatic carbocycles. The van der Waals surface area contributed by atoms with Gasteiger partial charge in [0.15, 0.2) is 0 Å². The Bertz CT molecular complexity index is 427. The molecule has 0 radical (unpaired) electrons. The molecule has 1 saturated heterocycles. The number of para-hydroxylation sites is 1. The topological polar surface area (TPSA) is 29.5 Å². The molecule has 1 spiro atoms. The van der Waals surface area contributed by atoms with Crippen molar-refractivity contribution in [2.45, 2.75) is 61.5 Å². The largest absolute Gasteiger partial charge is 0.507 e. The standard InChI is InChI=1S/C16H22O2S/c17-14-6-2-3-7-15(14)19-12-13-8-11-16(18-13)9-4-1-5-10-16/h2-3,6-7,13,17H,1,4-5,8-12H2. The third-order valence-corrected chi connectivity index (χ3v) is 5.59. The summed E-state index contributed by atoms with van der Waals surface area (Å²) in [7, 11) is 0. The van der Waals surface area contributed by atoms with Gasteiger partial charge in [-0.15, -0.1) is 11.8 Å². The van der Waals surface area contributed by atoms with Gasteiger partial charge in [0.25, 0.3) is 0 Å². The van der Waals surface area contributed by atoms with Crippen molar-refractivity contribution >= 4 is 11.8 Å². The van der Waals surface area contributed by atoms with Gasteiger partial charge in [0, 0.05) is 10.6 Å². The first-order chi connectivity index (χ1) is 9.27. The second-order valence-electron chi connectivity index (χ2n) is 5.80. The highest BCUT2D eigenvalue weighted by Gasteiger charge is 2.40. The number of rotatable bonds is 3. The van der Waals surface area contributed by atoms with Crippen LogP contribution < -0.4 is 0 Å². The Morgan fingerprint density at radius 3 is 2.74 bits per heavy atom. The van der Waals surface area contributed by atoms with Crippen LogP contribution in [0.25, 0.3) is 0 Å². The van der Waals surface area contributed by atoms with Gasteiger partial charge in [0.05, 0.1) is 11.7 Å². The lowest BCUT2D eigenvalue weighted by atomic mass is 9.83. The summed E-state index contributed by atoms with van der Waals surface area (Å²) in [6.07, 6.45) is 9.33. The quantitative estimate of drug-likeness (QED) is 0.833.